The van der Waals surface area contributed by atoms with E-state index >= 15 is 0 Å². The quantitative estimate of drug-likeness (QED) is 0.474. The van der Waals surface area contributed by atoms with E-state index in [9.17, 15) is 9.59 Å². The molecule has 3 aromatic rings. The molecule has 0 aliphatic carbocycles. The molecule has 26 heavy (non-hydrogen) atoms. The van der Waals surface area contributed by atoms with Crippen LogP contribution in [0.25, 0.3) is 0 Å². The molecule has 0 unspecified atom stereocenters. The zero-order valence-corrected chi connectivity index (χ0v) is 15.2. The molecule has 2 heterocycles. The molecule has 0 atom stereocenters. The fraction of sp³-hybridized carbons (Fsp3) is 0.200. The van der Waals surface area contributed by atoms with Crippen molar-refractivity contribution < 1.29 is 18.7 Å². The summed E-state index contributed by atoms with van der Waals surface area (Å²) in [7, 11) is 0. The second kappa shape index (κ2) is 7.62. The number of Topliss-reactive ketones (excluding diaryl/α,β-unsaturated/α-hetero) is 1. The van der Waals surface area contributed by atoms with Crippen LogP contribution in [0.5, 0.6) is 0 Å². The third-order valence-corrected chi connectivity index (χ3v) is 4.59. The van der Waals surface area contributed by atoms with Crippen LogP contribution >= 0.6 is 11.6 Å². The zero-order chi connectivity index (χ0) is 18.7. The van der Waals surface area contributed by atoms with Crippen LogP contribution in [-0.4, -0.2) is 22.9 Å². The topological polar surface area (TPSA) is 61.4 Å². The van der Waals surface area contributed by atoms with Crippen molar-refractivity contribution in [2.45, 2.75) is 20.4 Å². The first-order chi connectivity index (χ1) is 12.5. The maximum absolute atomic E-state index is 12.5. The van der Waals surface area contributed by atoms with Gasteiger partial charge < -0.3 is 13.7 Å². The van der Waals surface area contributed by atoms with E-state index in [-0.39, 0.29) is 18.2 Å². The molecule has 134 valence electrons. The van der Waals surface area contributed by atoms with Crippen LogP contribution in [-0.2, 0) is 11.3 Å². The number of furan rings is 1. The van der Waals surface area contributed by atoms with E-state index in [1.165, 1.54) is 12.3 Å². The molecule has 1 aromatic carbocycles. The maximum atomic E-state index is 12.5. The normalized spacial score (nSPS) is 10.7. The minimum Gasteiger partial charge on any atom is -0.457 e. The Labute approximate surface area is 156 Å². The molecule has 0 aliphatic rings. The number of ketones is 1. The van der Waals surface area contributed by atoms with E-state index in [4.69, 9.17) is 20.8 Å². The Morgan fingerprint density at radius 1 is 1.15 bits per heavy atom. The van der Waals surface area contributed by atoms with Crippen LogP contribution < -0.4 is 0 Å². The van der Waals surface area contributed by atoms with Gasteiger partial charge in [0.15, 0.2) is 6.61 Å². The number of esters is 1. The smallest absolute Gasteiger partial charge is 0.374 e. The van der Waals surface area contributed by atoms with Crippen LogP contribution in [0.3, 0.4) is 0 Å². The van der Waals surface area contributed by atoms with Crippen molar-refractivity contribution in [1.82, 2.24) is 4.57 Å². The summed E-state index contributed by atoms with van der Waals surface area (Å²) in [6, 6.07) is 12.5. The van der Waals surface area contributed by atoms with E-state index < -0.39 is 5.97 Å². The lowest BCUT2D eigenvalue weighted by atomic mass is 10.1. The van der Waals surface area contributed by atoms with Crippen LogP contribution in [0.4, 0.5) is 0 Å². The predicted molar refractivity (Wildman–Crippen MR) is 97.8 cm³/mol. The Hall–Kier alpha value is -2.79. The predicted octanol–water partition coefficient (Wildman–Crippen LogP) is 4.44. The van der Waals surface area contributed by atoms with Crippen molar-refractivity contribution in [2.75, 3.05) is 6.61 Å². The van der Waals surface area contributed by atoms with Gasteiger partial charge >= 0.3 is 5.97 Å². The van der Waals surface area contributed by atoms with Crippen molar-refractivity contribution in [3.63, 3.8) is 0 Å². The molecule has 0 spiro atoms. The van der Waals surface area contributed by atoms with Gasteiger partial charge in [0.05, 0.1) is 6.26 Å². The molecule has 0 amide bonds. The molecule has 6 heteroatoms. The molecule has 0 saturated heterocycles. The molecule has 0 radical (unpaired) electrons. The van der Waals surface area contributed by atoms with Gasteiger partial charge in [-0.1, -0.05) is 29.8 Å². The van der Waals surface area contributed by atoms with Crippen molar-refractivity contribution in [2.24, 2.45) is 0 Å². The monoisotopic (exact) mass is 371 g/mol. The van der Waals surface area contributed by atoms with Gasteiger partial charge in [-0.25, -0.2) is 4.79 Å². The first-order valence-corrected chi connectivity index (χ1v) is 8.49. The van der Waals surface area contributed by atoms with Gasteiger partial charge in [0.25, 0.3) is 0 Å². The van der Waals surface area contributed by atoms with Crippen LogP contribution in [0.2, 0.25) is 5.02 Å². The number of nitrogens with zero attached hydrogens (tertiary/aromatic N) is 1. The summed E-state index contributed by atoms with van der Waals surface area (Å²) in [5.74, 6) is -0.848. The van der Waals surface area contributed by atoms with Gasteiger partial charge in [-0.3, -0.25) is 4.79 Å². The Kier molecular flexibility index (Phi) is 5.28. The highest BCUT2D eigenvalue weighted by atomic mass is 35.5. The summed E-state index contributed by atoms with van der Waals surface area (Å²) >= 11 is 6.23. The van der Waals surface area contributed by atoms with E-state index in [1.54, 1.807) is 12.1 Å². The highest BCUT2D eigenvalue weighted by molar-refractivity contribution is 6.31. The van der Waals surface area contributed by atoms with Crippen molar-refractivity contribution in [3.8, 4) is 0 Å². The molecule has 5 nitrogen and oxygen atoms in total. The summed E-state index contributed by atoms with van der Waals surface area (Å²) < 4.78 is 12.0. The first-order valence-electron chi connectivity index (χ1n) is 8.11. The van der Waals surface area contributed by atoms with Crippen molar-refractivity contribution in [1.29, 1.82) is 0 Å². The molecule has 0 fully saturated rings. The first kappa shape index (κ1) is 18.0. The van der Waals surface area contributed by atoms with Gasteiger partial charge in [0.1, 0.15) is 0 Å². The number of carbonyl (C=O) groups excluding carboxylic acids is 2. The number of hydrogen-bond donors (Lipinski definition) is 0. The summed E-state index contributed by atoms with van der Waals surface area (Å²) in [5, 5.41) is 0.681. The summed E-state index contributed by atoms with van der Waals surface area (Å²) in [6.45, 7) is 4.02. The average molecular weight is 372 g/mol. The summed E-state index contributed by atoms with van der Waals surface area (Å²) in [6.07, 6.45) is 1.38. The Bertz CT molecular complexity index is 941. The minimum absolute atomic E-state index is 0.0713. The molecule has 2 aromatic heterocycles. The highest BCUT2D eigenvalue weighted by Crippen LogP contribution is 2.21. The fourth-order valence-electron chi connectivity index (χ4n) is 2.80. The second-order valence-corrected chi connectivity index (χ2v) is 6.35. The number of carbonyl (C=O) groups is 2. The number of rotatable bonds is 6. The van der Waals surface area contributed by atoms with Crippen LogP contribution in [0.1, 0.15) is 37.9 Å². The van der Waals surface area contributed by atoms with E-state index in [2.05, 4.69) is 0 Å². The van der Waals surface area contributed by atoms with Crippen LogP contribution in [0.15, 0.2) is 53.1 Å². The number of aromatic nitrogens is 1. The van der Waals surface area contributed by atoms with Gasteiger partial charge in [-0.15, -0.1) is 0 Å². The number of hydrogen-bond acceptors (Lipinski definition) is 4. The van der Waals surface area contributed by atoms with Crippen LogP contribution in [0, 0.1) is 13.8 Å². The third-order valence-electron chi connectivity index (χ3n) is 4.22. The standard InChI is InChI=1S/C20H18ClNO4/c1-13-10-16(18(23)12-26-20(24)19-8-5-9-25-19)14(2)22(13)11-15-6-3-4-7-17(15)21/h3-10H,11-12H2,1-2H3. The molecule has 0 saturated carbocycles. The van der Waals surface area contributed by atoms with Gasteiger partial charge in [-0.2, -0.15) is 0 Å². The third kappa shape index (κ3) is 3.73. The highest BCUT2D eigenvalue weighted by Gasteiger charge is 2.19. The average Bonchev–Trinajstić information content (AvgIpc) is 3.25. The maximum Gasteiger partial charge on any atom is 0.374 e. The SMILES string of the molecule is Cc1cc(C(=O)COC(=O)c2ccco2)c(C)n1Cc1ccccc1Cl. The number of ether oxygens (including phenoxy) is 1. The Morgan fingerprint density at radius 3 is 2.62 bits per heavy atom. The van der Waals surface area contributed by atoms with E-state index in [0.29, 0.717) is 17.1 Å². The molecule has 0 bridgehead atoms. The summed E-state index contributed by atoms with van der Waals surface area (Å²) in [5.41, 5.74) is 3.24. The fourth-order valence-corrected chi connectivity index (χ4v) is 2.99. The molecular formula is C20H18ClNO4. The van der Waals surface area contributed by atoms with E-state index in [0.717, 1.165) is 17.0 Å². The lowest BCUT2D eigenvalue weighted by Crippen LogP contribution is -2.15. The van der Waals surface area contributed by atoms with Crippen molar-refractivity contribution in [3.05, 3.63) is 82.0 Å². The molecular weight excluding hydrogens is 354 g/mol. The number of halogens is 1. The second-order valence-electron chi connectivity index (χ2n) is 5.94. The lowest BCUT2D eigenvalue weighted by molar-refractivity contribution is 0.0444. The Balaban J connectivity index is 1.73. The number of benzene rings is 1. The molecule has 3 rings (SSSR count). The molecule has 0 aliphatic heterocycles. The largest absolute Gasteiger partial charge is 0.457 e. The Morgan fingerprint density at radius 2 is 1.92 bits per heavy atom. The number of aryl methyl sites for hydroxylation is 1. The van der Waals surface area contributed by atoms with Crippen molar-refractivity contribution >= 4 is 23.4 Å². The summed E-state index contributed by atoms with van der Waals surface area (Å²) in [4.78, 5) is 24.3. The van der Waals surface area contributed by atoms with Gasteiger partial charge in [0.2, 0.25) is 11.5 Å². The van der Waals surface area contributed by atoms with Gasteiger partial charge in [0, 0.05) is 28.5 Å². The van der Waals surface area contributed by atoms with Gasteiger partial charge in [-0.05, 0) is 43.7 Å². The minimum atomic E-state index is -0.659. The molecule has 0 N–H and O–H groups in total. The van der Waals surface area contributed by atoms with E-state index in [1.807, 2.05) is 42.7 Å². The lowest BCUT2D eigenvalue weighted by Gasteiger charge is -2.11. The zero-order valence-electron chi connectivity index (χ0n) is 14.5.